The van der Waals surface area contributed by atoms with Gasteiger partial charge in [-0.15, -0.1) is 0 Å². The van der Waals surface area contributed by atoms with E-state index in [0.717, 1.165) is 18.4 Å². The van der Waals surface area contributed by atoms with E-state index in [1.54, 1.807) is 16.7 Å². The number of anilines is 1. The van der Waals surface area contributed by atoms with Crippen molar-refractivity contribution in [1.29, 1.82) is 0 Å². The number of rotatable bonds is 4. The molecule has 0 bridgehead atoms. The van der Waals surface area contributed by atoms with Crippen LogP contribution in [-0.2, 0) is 6.54 Å². The molecular formula is C15H17N3O. The van der Waals surface area contributed by atoms with Gasteiger partial charge in [0.05, 0.1) is 12.2 Å². The minimum atomic E-state index is -0.363. The molecule has 0 saturated heterocycles. The minimum Gasteiger partial charge on any atom is -0.383 e. The van der Waals surface area contributed by atoms with Crippen LogP contribution in [-0.4, -0.2) is 9.55 Å². The lowest BCUT2D eigenvalue weighted by atomic mass is 10.1. The Morgan fingerprint density at radius 1 is 1.37 bits per heavy atom. The third-order valence-corrected chi connectivity index (χ3v) is 3.10. The van der Waals surface area contributed by atoms with Crippen molar-refractivity contribution in [3.05, 3.63) is 58.7 Å². The third kappa shape index (κ3) is 2.57. The summed E-state index contributed by atoms with van der Waals surface area (Å²) in [5, 5.41) is 0. The van der Waals surface area contributed by atoms with E-state index in [1.165, 1.54) is 0 Å². The lowest BCUT2D eigenvalue weighted by Gasteiger charge is -2.15. The number of nitrogens with zero attached hydrogens (tertiary/aromatic N) is 2. The number of hydrogen-bond donors (Lipinski definition) is 1. The number of allylic oxidation sites excluding steroid dienone is 4. The zero-order chi connectivity index (χ0) is 13.8. The second-order valence-electron chi connectivity index (χ2n) is 4.33. The smallest absolute Gasteiger partial charge is 0.350 e. The molecule has 0 fully saturated rings. The molecule has 0 unspecified atom stereocenters. The fourth-order valence-corrected chi connectivity index (χ4v) is 2.15. The number of nitrogen functional groups attached to an aromatic ring is 1. The molecule has 1 aromatic rings. The number of aromatic nitrogens is 2. The van der Waals surface area contributed by atoms with Crippen molar-refractivity contribution in [3.8, 4) is 0 Å². The highest BCUT2D eigenvalue weighted by molar-refractivity contribution is 5.68. The van der Waals surface area contributed by atoms with Crippen LogP contribution >= 0.6 is 0 Å². The highest BCUT2D eigenvalue weighted by atomic mass is 16.1. The Bertz CT molecular complexity index is 636. The molecule has 1 aliphatic carbocycles. The molecule has 19 heavy (non-hydrogen) atoms. The summed E-state index contributed by atoms with van der Waals surface area (Å²) < 4.78 is 1.57. The zero-order valence-electron chi connectivity index (χ0n) is 10.8. The van der Waals surface area contributed by atoms with E-state index in [1.807, 2.05) is 6.08 Å². The number of nitrogens with two attached hydrogens (primary N) is 1. The topological polar surface area (TPSA) is 60.9 Å². The first-order valence-corrected chi connectivity index (χ1v) is 6.18. The van der Waals surface area contributed by atoms with E-state index < -0.39 is 0 Å². The molecular weight excluding hydrogens is 238 g/mol. The summed E-state index contributed by atoms with van der Waals surface area (Å²) in [6.45, 7) is 7.93. The van der Waals surface area contributed by atoms with Gasteiger partial charge < -0.3 is 5.73 Å². The van der Waals surface area contributed by atoms with Crippen molar-refractivity contribution in [2.24, 2.45) is 0 Å². The molecule has 4 heteroatoms. The summed E-state index contributed by atoms with van der Waals surface area (Å²) in [6.07, 6.45) is 11.5. The monoisotopic (exact) mass is 255 g/mol. The standard InChI is InChI=1S/C15H17N3O/c1-3-12-13(4-2)18(15(19)17-14(12)16)10-11-8-6-5-7-9-11/h3-4,6,8-9H,1-2,5,7,10H2,(H2,16,17,19). The molecule has 0 aromatic carbocycles. The van der Waals surface area contributed by atoms with Crippen molar-refractivity contribution in [3.63, 3.8) is 0 Å². The molecule has 0 saturated carbocycles. The van der Waals surface area contributed by atoms with Crippen LogP contribution in [0.2, 0.25) is 0 Å². The summed E-state index contributed by atoms with van der Waals surface area (Å²) in [5.41, 5.74) is 7.78. The van der Waals surface area contributed by atoms with Gasteiger partial charge in [0.15, 0.2) is 0 Å². The van der Waals surface area contributed by atoms with Crippen molar-refractivity contribution in [2.75, 3.05) is 5.73 Å². The van der Waals surface area contributed by atoms with Crippen LogP contribution in [0.3, 0.4) is 0 Å². The quantitative estimate of drug-likeness (QED) is 0.898. The van der Waals surface area contributed by atoms with Crippen molar-refractivity contribution < 1.29 is 0 Å². The van der Waals surface area contributed by atoms with E-state index in [-0.39, 0.29) is 11.5 Å². The van der Waals surface area contributed by atoms with E-state index in [9.17, 15) is 4.79 Å². The second-order valence-corrected chi connectivity index (χ2v) is 4.33. The zero-order valence-corrected chi connectivity index (χ0v) is 10.8. The molecule has 0 radical (unpaired) electrons. The molecule has 2 rings (SSSR count). The average Bonchev–Trinajstić information content (AvgIpc) is 2.42. The van der Waals surface area contributed by atoms with Gasteiger partial charge in [-0.1, -0.05) is 37.5 Å². The maximum Gasteiger partial charge on any atom is 0.350 e. The van der Waals surface area contributed by atoms with Crippen molar-refractivity contribution in [1.82, 2.24) is 9.55 Å². The normalized spacial score (nSPS) is 14.0. The van der Waals surface area contributed by atoms with Crippen LogP contribution < -0.4 is 11.4 Å². The molecule has 1 aliphatic rings. The maximum absolute atomic E-state index is 12.0. The molecule has 1 heterocycles. The Labute approximate surface area is 112 Å². The van der Waals surface area contributed by atoms with Gasteiger partial charge in [-0.3, -0.25) is 4.57 Å². The Morgan fingerprint density at radius 2 is 2.16 bits per heavy atom. The van der Waals surface area contributed by atoms with Gasteiger partial charge in [0.2, 0.25) is 0 Å². The largest absolute Gasteiger partial charge is 0.383 e. The lowest BCUT2D eigenvalue weighted by molar-refractivity contribution is 0.713. The van der Waals surface area contributed by atoms with E-state index in [2.05, 4.69) is 30.3 Å². The minimum absolute atomic E-state index is 0.194. The fourth-order valence-electron chi connectivity index (χ4n) is 2.15. The van der Waals surface area contributed by atoms with Gasteiger partial charge in [0.25, 0.3) is 0 Å². The van der Waals surface area contributed by atoms with Crippen LogP contribution in [0.5, 0.6) is 0 Å². The van der Waals surface area contributed by atoms with Gasteiger partial charge in [-0.05, 0) is 24.5 Å². The Morgan fingerprint density at radius 3 is 2.74 bits per heavy atom. The molecule has 1 aromatic heterocycles. The summed E-state index contributed by atoms with van der Waals surface area (Å²) >= 11 is 0. The van der Waals surface area contributed by atoms with E-state index in [0.29, 0.717) is 17.8 Å². The van der Waals surface area contributed by atoms with Crippen LogP contribution in [0.15, 0.2) is 41.8 Å². The predicted molar refractivity (Wildman–Crippen MR) is 79.5 cm³/mol. The lowest BCUT2D eigenvalue weighted by Crippen LogP contribution is -2.28. The van der Waals surface area contributed by atoms with Gasteiger partial charge in [-0.25, -0.2) is 4.79 Å². The van der Waals surface area contributed by atoms with Crippen LogP contribution in [0.1, 0.15) is 24.1 Å². The Hall–Kier alpha value is -2.36. The predicted octanol–water partition coefficient (Wildman–Crippen LogP) is 2.39. The molecule has 0 aliphatic heterocycles. The molecule has 2 N–H and O–H groups in total. The molecule has 0 atom stereocenters. The van der Waals surface area contributed by atoms with Crippen LogP contribution in [0, 0.1) is 0 Å². The third-order valence-electron chi connectivity index (χ3n) is 3.10. The van der Waals surface area contributed by atoms with Gasteiger partial charge in [0, 0.05) is 5.56 Å². The number of hydrogen-bond acceptors (Lipinski definition) is 3. The molecule has 0 spiro atoms. The van der Waals surface area contributed by atoms with Crippen molar-refractivity contribution >= 4 is 18.0 Å². The van der Waals surface area contributed by atoms with E-state index >= 15 is 0 Å². The first-order valence-electron chi connectivity index (χ1n) is 6.18. The van der Waals surface area contributed by atoms with Gasteiger partial charge >= 0.3 is 5.69 Å². The first kappa shape index (κ1) is 13.1. The highest BCUT2D eigenvalue weighted by Gasteiger charge is 2.12. The van der Waals surface area contributed by atoms with Crippen molar-refractivity contribution in [2.45, 2.75) is 19.4 Å². The summed E-state index contributed by atoms with van der Waals surface area (Å²) in [6, 6.07) is 0. The summed E-state index contributed by atoms with van der Waals surface area (Å²) in [7, 11) is 0. The molecule has 98 valence electrons. The van der Waals surface area contributed by atoms with Crippen LogP contribution in [0.25, 0.3) is 12.2 Å². The fraction of sp³-hybridized carbons (Fsp3) is 0.200. The molecule has 4 nitrogen and oxygen atoms in total. The molecule has 0 amide bonds. The SMILES string of the molecule is C=Cc1c(N)nc(=O)n(CC2=CCCC=C2)c1C=C. The van der Waals surface area contributed by atoms with Gasteiger partial charge in [-0.2, -0.15) is 4.98 Å². The first-order chi connectivity index (χ1) is 9.17. The maximum atomic E-state index is 12.0. The average molecular weight is 255 g/mol. The van der Waals surface area contributed by atoms with Gasteiger partial charge in [0.1, 0.15) is 5.82 Å². The summed E-state index contributed by atoms with van der Waals surface area (Å²) in [5.74, 6) is 0.194. The van der Waals surface area contributed by atoms with Crippen LogP contribution in [0.4, 0.5) is 5.82 Å². The Kier molecular flexibility index (Phi) is 3.80. The summed E-state index contributed by atoms with van der Waals surface area (Å²) in [4.78, 5) is 15.8. The second kappa shape index (κ2) is 5.52. The van der Waals surface area contributed by atoms with E-state index in [4.69, 9.17) is 5.73 Å². The Balaban J connectivity index is 2.53. The highest BCUT2D eigenvalue weighted by Crippen LogP contribution is 2.18.